The molecule has 2 aromatic rings. The Morgan fingerprint density at radius 1 is 1.20 bits per heavy atom. The summed E-state index contributed by atoms with van der Waals surface area (Å²) in [4.78, 5) is 6.93. The maximum Gasteiger partial charge on any atom is 0.168 e. The zero-order valence-electron chi connectivity index (χ0n) is 14.2. The highest BCUT2D eigenvalue weighted by atomic mass is 79.9. The summed E-state index contributed by atoms with van der Waals surface area (Å²) in [5, 5.41) is 3.23. The molecule has 2 aliphatic rings. The SMILES string of the molecule is COc1cc2c3c(c1OC)C=C(C)N(c1cccc(Br)c1)C3N=CN2. The Labute approximate surface area is 155 Å². The van der Waals surface area contributed by atoms with Crippen molar-refractivity contribution in [1.29, 1.82) is 0 Å². The summed E-state index contributed by atoms with van der Waals surface area (Å²) >= 11 is 3.56. The van der Waals surface area contributed by atoms with Crippen LogP contribution in [0.5, 0.6) is 11.5 Å². The van der Waals surface area contributed by atoms with Gasteiger partial charge in [-0.1, -0.05) is 22.0 Å². The van der Waals surface area contributed by atoms with Gasteiger partial charge in [0.25, 0.3) is 0 Å². The van der Waals surface area contributed by atoms with Crippen LogP contribution in [0.2, 0.25) is 0 Å². The highest BCUT2D eigenvalue weighted by Gasteiger charge is 2.34. The molecule has 128 valence electrons. The van der Waals surface area contributed by atoms with Crippen LogP contribution in [0.3, 0.4) is 0 Å². The lowest BCUT2D eigenvalue weighted by atomic mass is 9.94. The third-order valence-corrected chi connectivity index (χ3v) is 5.00. The monoisotopic (exact) mass is 399 g/mol. The quantitative estimate of drug-likeness (QED) is 0.804. The number of benzene rings is 2. The third kappa shape index (κ3) is 2.48. The fourth-order valence-corrected chi connectivity index (χ4v) is 3.85. The summed E-state index contributed by atoms with van der Waals surface area (Å²) in [5.74, 6) is 1.44. The molecule has 0 aliphatic carbocycles. The maximum atomic E-state index is 5.64. The van der Waals surface area contributed by atoms with E-state index >= 15 is 0 Å². The van der Waals surface area contributed by atoms with Crippen LogP contribution in [0.1, 0.15) is 24.2 Å². The van der Waals surface area contributed by atoms with Crippen molar-refractivity contribution >= 4 is 39.7 Å². The van der Waals surface area contributed by atoms with Crippen LogP contribution in [-0.2, 0) is 0 Å². The van der Waals surface area contributed by atoms with Crippen molar-refractivity contribution in [3.8, 4) is 11.5 Å². The summed E-state index contributed by atoms with van der Waals surface area (Å²) in [6, 6.07) is 10.2. The molecular formula is C19H18BrN3O2. The Kier molecular flexibility index (Phi) is 3.92. The number of ether oxygens (including phenoxy) is 2. The molecule has 4 rings (SSSR count). The number of nitrogens with zero attached hydrogens (tertiary/aromatic N) is 2. The zero-order valence-corrected chi connectivity index (χ0v) is 15.8. The molecule has 0 saturated carbocycles. The molecule has 5 nitrogen and oxygen atoms in total. The van der Waals surface area contributed by atoms with Crippen LogP contribution < -0.4 is 19.7 Å². The van der Waals surface area contributed by atoms with Crippen LogP contribution in [0.25, 0.3) is 6.08 Å². The van der Waals surface area contributed by atoms with E-state index < -0.39 is 0 Å². The van der Waals surface area contributed by atoms with Gasteiger partial charge >= 0.3 is 0 Å². The number of hydrogen-bond donors (Lipinski definition) is 1. The second kappa shape index (κ2) is 6.11. The first-order valence-corrected chi connectivity index (χ1v) is 8.73. The largest absolute Gasteiger partial charge is 0.493 e. The van der Waals surface area contributed by atoms with Crippen LogP contribution in [-0.4, -0.2) is 20.6 Å². The number of anilines is 2. The molecule has 1 atom stereocenters. The molecule has 0 bridgehead atoms. The average Bonchev–Trinajstić information content (AvgIpc) is 2.61. The molecule has 25 heavy (non-hydrogen) atoms. The standard InChI is InChI=1S/C19H18BrN3O2/c1-11-7-14-17-15(9-16(24-2)18(14)25-3)21-10-22-19(17)23(11)13-6-4-5-12(20)8-13/h4-10,19H,1-3H3,(H,21,22). The van der Waals surface area contributed by atoms with Crippen LogP contribution >= 0.6 is 15.9 Å². The van der Waals surface area contributed by atoms with Crippen molar-refractivity contribution in [2.24, 2.45) is 4.99 Å². The van der Waals surface area contributed by atoms with E-state index in [-0.39, 0.29) is 6.17 Å². The summed E-state index contributed by atoms with van der Waals surface area (Å²) in [6.07, 6.45) is 3.72. The van der Waals surface area contributed by atoms with Crippen molar-refractivity contribution in [2.45, 2.75) is 13.1 Å². The van der Waals surface area contributed by atoms with Gasteiger partial charge in [0.15, 0.2) is 17.7 Å². The van der Waals surface area contributed by atoms with Gasteiger partial charge < -0.3 is 19.7 Å². The molecule has 2 aliphatic heterocycles. The van der Waals surface area contributed by atoms with Crippen molar-refractivity contribution in [1.82, 2.24) is 0 Å². The minimum Gasteiger partial charge on any atom is -0.493 e. The summed E-state index contributed by atoms with van der Waals surface area (Å²) in [5.41, 5.74) is 5.25. The normalized spacial score (nSPS) is 17.5. The van der Waals surface area contributed by atoms with Crippen molar-refractivity contribution in [2.75, 3.05) is 24.4 Å². The summed E-state index contributed by atoms with van der Waals surface area (Å²) in [6.45, 7) is 2.08. The Bertz CT molecular complexity index is 908. The average molecular weight is 400 g/mol. The van der Waals surface area contributed by atoms with E-state index in [0.717, 1.165) is 38.4 Å². The molecule has 0 aromatic heterocycles. The van der Waals surface area contributed by atoms with Gasteiger partial charge in [0.1, 0.15) is 0 Å². The fraction of sp³-hybridized carbons (Fsp3) is 0.211. The third-order valence-electron chi connectivity index (χ3n) is 4.51. The fourth-order valence-electron chi connectivity index (χ4n) is 3.47. The van der Waals surface area contributed by atoms with Crippen molar-refractivity contribution in [3.63, 3.8) is 0 Å². The molecule has 0 saturated heterocycles. The topological polar surface area (TPSA) is 46.1 Å². The maximum absolute atomic E-state index is 5.64. The predicted octanol–water partition coefficient (Wildman–Crippen LogP) is 4.80. The van der Waals surface area contributed by atoms with E-state index in [0.29, 0.717) is 5.75 Å². The molecule has 2 heterocycles. The first-order valence-electron chi connectivity index (χ1n) is 7.94. The van der Waals surface area contributed by atoms with Gasteiger partial charge in [0.05, 0.1) is 26.2 Å². The van der Waals surface area contributed by atoms with E-state index in [1.54, 1.807) is 20.6 Å². The van der Waals surface area contributed by atoms with Crippen LogP contribution in [0, 0.1) is 0 Å². The summed E-state index contributed by atoms with van der Waals surface area (Å²) < 4.78 is 12.2. The van der Waals surface area contributed by atoms with Gasteiger partial charge in [-0.3, -0.25) is 0 Å². The Hall–Kier alpha value is -2.47. The van der Waals surface area contributed by atoms with Gasteiger partial charge in [0, 0.05) is 33.1 Å². The molecule has 2 aromatic carbocycles. The minimum atomic E-state index is -0.148. The highest BCUT2D eigenvalue weighted by Crippen LogP contribution is 2.49. The number of rotatable bonds is 3. The number of nitrogens with one attached hydrogen (secondary N) is 1. The molecule has 1 N–H and O–H groups in total. The first-order chi connectivity index (χ1) is 12.1. The zero-order chi connectivity index (χ0) is 17.6. The number of hydrogen-bond acceptors (Lipinski definition) is 5. The highest BCUT2D eigenvalue weighted by molar-refractivity contribution is 9.10. The minimum absolute atomic E-state index is 0.148. The van der Waals surface area contributed by atoms with Gasteiger partial charge in [-0.15, -0.1) is 0 Å². The number of methoxy groups -OCH3 is 2. The van der Waals surface area contributed by atoms with Crippen molar-refractivity contribution < 1.29 is 9.47 Å². The molecule has 0 amide bonds. The van der Waals surface area contributed by atoms with Gasteiger partial charge in [-0.25, -0.2) is 4.99 Å². The molecule has 1 unspecified atom stereocenters. The van der Waals surface area contributed by atoms with E-state index in [9.17, 15) is 0 Å². The van der Waals surface area contributed by atoms with E-state index in [1.165, 1.54) is 0 Å². The molecule has 0 radical (unpaired) electrons. The smallest absolute Gasteiger partial charge is 0.168 e. The first kappa shape index (κ1) is 16.0. The molecule has 6 heteroatoms. The lowest BCUT2D eigenvalue weighted by Crippen LogP contribution is -2.32. The van der Waals surface area contributed by atoms with Crippen molar-refractivity contribution in [3.05, 3.63) is 51.6 Å². The van der Waals surface area contributed by atoms with Crippen LogP contribution in [0.15, 0.2) is 45.5 Å². The lowest BCUT2D eigenvalue weighted by molar-refractivity contribution is 0.353. The summed E-state index contributed by atoms with van der Waals surface area (Å²) in [7, 11) is 3.32. The van der Waals surface area contributed by atoms with E-state index in [1.807, 2.05) is 18.2 Å². The second-order valence-corrected chi connectivity index (χ2v) is 6.83. The Morgan fingerprint density at radius 2 is 2.04 bits per heavy atom. The number of aliphatic imine (C=N–C) groups is 1. The molecule has 0 fully saturated rings. The van der Waals surface area contributed by atoms with E-state index in [4.69, 9.17) is 14.5 Å². The molecular weight excluding hydrogens is 382 g/mol. The second-order valence-electron chi connectivity index (χ2n) is 5.92. The van der Waals surface area contributed by atoms with Crippen LogP contribution in [0.4, 0.5) is 11.4 Å². The number of allylic oxidation sites excluding steroid dienone is 1. The lowest BCUT2D eigenvalue weighted by Gasteiger charge is -2.39. The van der Waals surface area contributed by atoms with Gasteiger partial charge in [-0.05, 0) is 31.2 Å². The predicted molar refractivity (Wildman–Crippen MR) is 105 cm³/mol. The molecule has 0 spiro atoms. The van der Waals surface area contributed by atoms with E-state index in [2.05, 4.69) is 51.3 Å². The Balaban J connectivity index is 1.95. The number of halogens is 1. The van der Waals surface area contributed by atoms with Gasteiger partial charge in [0.2, 0.25) is 0 Å². The Morgan fingerprint density at radius 3 is 2.76 bits per heavy atom. The van der Waals surface area contributed by atoms with Gasteiger partial charge in [-0.2, -0.15) is 0 Å².